The van der Waals surface area contributed by atoms with Crippen LogP contribution in [-0.2, 0) is 6.54 Å². The third kappa shape index (κ3) is 5.05. The monoisotopic (exact) mass is 424 g/mol. The smallest absolute Gasteiger partial charge is 0.231 e. The number of guanidine groups is 1. The van der Waals surface area contributed by atoms with Crippen LogP contribution in [0.1, 0.15) is 24.0 Å². The average molecular weight is 425 g/mol. The van der Waals surface area contributed by atoms with E-state index in [1.54, 1.807) is 7.11 Å². The molecule has 1 N–H and O–H groups in total. The lowest BCUT2D eigenvalue weighted by Gasteiger charge is -2.36. The molecule has 2 aliphatic heterocycles. The van der Waals surface area contributed by atoms with E-state index in [1.807, 2.05) is 25.2 Å². The van der Waals surface area contributed by atoms with Gasteiger partial charge in [0, 0.05) is 52.2 Å². The molecule has 1 fully saturated rings. The lowest BCUT2D eigenvalue weighted by Crippen LogP contribution is -2.52. The summed E-state index contributed by atoms with van der Waals surface area (Å²) in [6.45, 7) is 8.15. The number of fused-ring (bicyclic) bond motifs is 1. The molecule has 0 aromatic heterocycles. The van der Waals surface area contributed by atoms with E-state index in [4.69, 9.17) is 14.2 Å². The molecule has 7 heteroatoms. The van der Waals surface area contributed by atoms with Gasteiger partial charge in [-0.05, 0) is 29.3 Å². The van der Waals surface area contributed by atoms with Gasteiger partial charge in [-0.2, -0.15) is 0 Å². The molecule has 31 heavy (non-hydrogen) atoms. The van der Waals surface area contributed by atoms with Gasteiger partial charge in [-0.25, -0.2) is 0 Å². The Morgan fingerprint density at radius 3 is 2.65 bits per heavy atom. The number of benzene rings is 2. The Balaban J connectivity index is 1.27. The van der Waals surface area contributed by atoms with Gasteiger partial charge >= 0.3 is 0 Å². The molecule has 2 aromatic carbocycles. The Kier molecular flexibility index (Phi) is 6.82. The predicted molar refractivity (Wildman–Crippen MR) is 122 cm³/mol. The van der Waals surface area contributed by atoms with Crippen LogP contribution in [0.4, 0.5) is 0 Å². The molecular weight excluding hydrogens is 392 g/mol. The maximum atomic E-state index is 5.51. The van der Waals surface area contributed by atoms with Gasteiger partial charge in [-0.3, -0.25) is 9.89 Å². The van der Waals surface area contributed by atoms with Crippen molar-refractivity contribution in [3.8, 4) is 17.2 Å². The molecule has 2 aliphatic rings. The second kappa shape index (κ2) is 9.92. The molecule has 0 saturated carbocycles. The van der Waals surface area contributed by atoms with Crippen molar-refractivity contribution in [3.63, 3.8) is 0 Å². The third-order valence-electron chi connectivity index (χ3n) is 5.96. The molecule has 0 bridgehead atoms. The molecule has 0 radical (unpaired) electrons. The van der Waals surface area contributed by atoms with Gasteiger partial charge in [0.2, 0.25) is 6.79 Å². The number of hydrogen-bond acceptors (Lipinski definition) is 5. The molecule has 2 heterocycles. The minimum atomic E-state index is 0.319. The van der Waals surface area contributed by atoms with Gasteiger partial charge < -0.3 is 24.4 Å². The zero-order valence-electron chi connectivity index (χ0n) is 18.6. The van der Waals surface area contributed by atoms with E-state index in [9.17, 15) is 0 Å². The summed E-state index contributed by atoms with van der Waals surface area (Å²) in [5.74, 6) is 3.91. The van der Waals surface area contributed by atoms with Crippen LogP contribution in [-0.4, -0.2) is 69.4 Å². The summed E-state index contributed by atoms with van der Waals surface area (Å²) in [5.41, 5.74) is 2.47. The highest BCUT2D eigenvalue weighted by molar-refractivity contribution is 5.80. The zero-order valence-corrected chi connectivity index (χ0v) is 18.6. The van der Waals surface area contributed by atoms with Crippen molar-refractivity contribution in [2.75, 3.05) is 53.7 Å². The van der Waals surface area contributed by atoms with Crippen LogP contribution in [0, 0.1) is 0 Å². The van der Waals surface area contributed by atoms with Crippen molar-refractivity contribution in [3.05, 3.63) is 53.6 Å². The van der Waals surface area contributed by atoms with E-state index in [1.165, 1.54) is 11.1 Å². The average Bonchev–Trinajstić information content (AvgIpc) is 3.28. The van der Waals surface area contributed by atoms with Crippen molar-refractivity contribution in [1.29, 1.82) is 0 Å². The summed E-state index contributed by atoms with van der Waals surface area (Å²) in [6.07, 6.45) is 0. The van der Waals surface area contributed by atoms with Gasteiger partial charge in [0.15, 0.2) is 17.5 Å². The van der Waals surface area contributed by atoms with E-state index in [2.05, 4.69) is 51.3 Å². The van der Waals surface area contributed by atoms with Crippen LogP contribution >= 0.6 is 0 Å². The number of hydrogen-bond donors (Lipinski definition) is 1. The molecule has 7 nitrogen and oxygen atoms in total. The quantitative estimate of drug-likeness (QED) is 0.568. The van der Waals surface area contributed by atoms with Crippen LogP contribution in [0.2, 0.25) is 0 Å². The molecule has 1 atom stereocenters. The molecule has 0 amide bonds. The van der Waals surface area contributed by atoms with Crippen LogP contribution < -0.4 is 19.5 Å². The Hall–Kier alpha value is -2.93. The topological polar surface area (TPSA) is 58.6 Å². The van der Waals surface area contributed by atoms with Gasteiger partial charge in [0.05, 0.1) is 7.11 Å². The summed E-state index contributed by atoms with van der Waals surface area (Å²) in [4.78, 5) is 9.33. The number of aliphatic imine (C=N–C) groups is 1. The predicted octanol–water partition coefficient (Wildman–Crippen LogP) is 2.92. The number of rotatable bonds is 6. The molecular formula is C24H32N4O3. The van der Waals surface area contributed by atoms with Crippen molar-refractivity contribution in [2.45, 2.75) is 19.4 Å². The lowest BCUT2D eigenvalue weighted by molar-refractivity contribution is 0.171. The molecule has 1 unspecified atom stereocenters. The van der Waals surface area contributed by atoms with Crippen LogP contribution in [0.5, 0.6) is 17.2 Å². The van der Waals surface area contributed by atoms with Crippen LogP contribution in [0.3, 0.4) is 0 Å². The highest BCUT2D eigenvalue weighted by Crippen LogP contribution is 2.33. The first kappa shape index (κ1) is 21.3. The molecule has 166 valence electrons. The largest absolute Gasteiger partial charge is 0.496 e. The highest BCUT2D eigenvalue weighted by Gasteiger charge is 2.21. The van der Waals surface area contributed by atoms with Crippen LogP contribution in [0.25, 0.3) is 0 Å². The van der Waals surface area contributed by atoms with Gasteiger partial charge in [-0.1, -0.05) is 31.2 Å². The molecule has 0 aliphatic carbocycles. The Bertz CT molecular complexity index is 909. The first-order valence-electron chi connectivity index (χ1n) is 10.9. The first-order valence-corrected chi connectivity index (χ1v) is 10.9. The minimum absolute atomic E-state index is 0.319. The summed E-state index contributed by atoms with van der Waals surface area (Å²) in [7, 11) is 3.58. The number of nitrogens with one attached hydrogen (secondary N) is 1. The van der Waals surface area contributed by atoms with E-state index in [0.717, 1.165) is 62.5 Å². The van der Waals surface area contributed by atoms with E-state index in [-0.39, 0.29) is 0 Å². The Morgan fingerprint density at radius 1 is 1.10 bits per heavy atom. The van der Waals surface area contributed by atoms with E-state index >= 15 is 0 Å². The number of piperazine rings is 1. The summed E-state index contributed by atoms with van der Waals surface area (Å²) in [6, 6.07) is 14.4. The Morgan fingerprint density at radius 2 is 1.87 bits per heavy atom. The third-order valence-corrected chi connectivity index (χ3v) is 5.96. The SMILES string of the molecule is CN=C(NCC(C)c1ccccc1OC)N1CCN(Cc2ccc3c(c2)OCO3)CC1. The fourth-order valence-electron chi connectivity index (χ4n) is 4.18. The standard InChI is InChI=1S/C24H32N4O3/c1-18(20-6-4-5-7-21(20)29-3)15-26-24(25-2)28-12-10-27(11-13-28)16-19-8-9-22-23(14-19)31-17-30-22/h4-9,14,18H,10-13,15-17H2,1-3H3,(H,25,26). The van der Waals surface area contributed by atoms with Crippen molar-refractivity contribution in [2.24, 2.45) is 4.99 Å². The summed E-state index contributed by atoms with van der Waals surface area (Å²) < 4.78 is 16.4. The van der Waals surface area contributed by atoms with Crippen molar-refractivity contribution in [1.82, 2.24) is 15.1 Å². The first-order chi connectivity index (χ1) is 15.2. The van der Waals surface area contributed by atoms with Crippen molar-refractivity contribution >= 4 is 5.96 Å². The van der Waals surface area contributed by atoms with Gasteiger partial charge in [0.25, 0.3) is 0 Å². The molecule has 2 aromatic rings. The second-order valence-electron chi connectivity index (χ2n) is 8.02. The van der Waals surface area contributed by atoms with Gasteiger partial charge in [0.1, 0.15) is 5.75 Å². The Labute approximate surface area is 184 Å². The number of para-hydroxylation sites is 1. The van der Waals surface area contributed by atoms with Crippen molar-refractivity contribution < 1.29 is 14.2 Å². The molecule has 1 saturated heterocycles. The second-order valence-corrected chi connectivity index (χ2v) is 8.02. The number of methoxy groups -OCH3 is 1. The van der Waals surface area contributed by atoms with E-state index < -0.39 is 0 Å². The maximum absolute atomic E-state index is 5.51. The van der Waals surface area contributed by atoms with E-state index in [0.29, 0.717) is 12.7 Å². The lowest BCUT2D eigenvalue weighted by atomic mass is 10.0. The number of nitrogens with zero attached hydrogens (tertiary/aromatic N) is 3. The summed E-state index contributed by atoms with van der Waals surface area (Å²) >= 11 is 0. The fourth-order valence-corrected chi connectivity index (χ4v) is 4.18. The normalized spacial score (nSPS) is 17.5. The van der Waals surface area contributed by atoms with Crippen LogP contribution in [0.15, 0.2) is 47.5 Å². The maximum Gasteiger partial charge on any atom is 0.231 e. The molecule has 4 rings (SSSR count). The summed E-state index contributed by atoms with van der Waals surface area (Å²) in [5, 5.41) is 3.55. The number of ether oxygens (including phenoxy) is 3. The van der Waals surface area contributed by atoms with Gasteiger partial charge in [-0.15, -0.1) is 0 Å². The minimum Gasteiger partial charge on any atom is -0.496 e. The highest BCUT2D eigenvalue weighted by atomic mass is 16.7. The molecule has 0 spiro atoms. The zero-order chi connectivity index (χ0) is 21.6. The fraction of sp³-hybridized carbons (Fsp3) is 0.458.